The maximum atomic E-state index is 10.7. The molecule has 5 nitrogen and oxygen atoms in total. The van der Waals surface area contributed by atoms with Gasteiger partial charge in [0.1, 0.15) is 12.0 Å². The Morgan fingerprint density at radius 1 is 1.29 bits per heavy atom. The molecule has 1 fully saturated rings. The van der Waals surface area contributed by atoms with Gasteiger partial charge in [-0.25, -0.2) is 0 Å². The molecule has 1 saturated heterocycles. The summed E-state index contributed by atoms with van der Waals surface area (Å²) >= 11 is 0. The lowest BCUT2D eigenvalue weighted by atomic mass is 10.1. The zero-order valence-electron chi connectivity index (χ0n) is 14.7. The Morgan fingerprint density at radius 3 is 2.75 bits per heavy atom. The summed E-state index contributed by atoms with van der Waals surface area (Å²) in [6.07, 6.45) is 4.62. The number of β-amino-alcohol motifs (C(OH)–C–C–N with tert-alkyl or cyclic N) is 1. The normalized spacial score (nSPS) is 18.6. The number of nitrogens with zero attached hydrogens (tertiary/aromatic N) is 2. The van der Waals surface area contributed by atoms with Gasteiger partial charge in [0, 0.05) is 44.3 Å². The second kappa shape index (κ2) is 10.3. The van der Waals surface area contributed by atoms with Crippen molar-refractivity contribution < 1.29 is 14.6 Å². The molecule has 1 aliphatic rings. The first-order valence-corrected chi connectivity index (χ1v) is 9.04. The van der Waals surface area contributed by atoms with E-state index in [4.69, 9.17) is 4.74 Å². The van der Waals surface area contributed by atoms with Crippen LogP contribution in [-0.4, -0.2) is 61.7 Å². The Morgan fingerprint density at radius 2 is 2.08 bits per heavy atom. The predicted molar refractivity (Wildman–Crippen MR) is 96.8 cm³/mol. The minimum Gasteiger partial charge on any atom is -0.494 e. The topological polar surface area (TPSA) is 53.0 Å². The van der Waals surface area contributed by atoms with Crippen LogP contribution in [0, 0.1) is 0 Å². The van der Waals surface area contributed by atoms with Crippen LogP contribution in [0.1, 0.15) is 32.6 Å². The highest BCUT2D eigenvalue weighted by Crippen LogP contribution is 2.23. The van der Waals surface area contributed by atoms with Crippen LogP contribution in [0.15, 0.2) is 24.3 Å². The number of benzene rings is 1. The molecule has 1 unspecified atom stereocenters. The van der Waals surface area contributed by atoms with Gasteiger partial charge >= 0.3 is 0 Å². The average Bonchev–Trinajstić information content (AvgIpc) is 2.62. The molecule has 1 aromatic carbocycles. The number of hydrogen-bond donors (Lipinski definition) is 1. The molecule has 1 N–H and O–H groups in total. The molecule has 2 rings (SSSR count). The average molecular weight is 334 g/mol. The number of aliphatic hydroxyl groups excluding tert-OH is 1. The van der Waals surface area contributed by atoms with Crippen LogP contribution in [0.2, 0.25) is 0 Å². The van der Waals surface area contributed by atoms with Crippen molar-refractivity contribution in [3.05, 3.63) is 24.3 Å². The molecule has 1 aromatic rings. The van der Waals surface area contributed by atoms with Crippen LogP contribution in [0.5, 0.6) is 5.75 Å². The third kappa shape index (κ3) is 5.49. The largest absolute Gasteiger partial charge is 0.494 e. The Bertz CT molecular complexity index is 478. The monoisotopic (exact) mass is 334 g/mol. The first kappa shape index (κ1) is 18.7. The van der Waals surface area contributed by atoms with Crippen LogP contribution in [-0.2, 0) is 4.79 Å². The first-order valence-electron chi connectivity index (χ1n) is 9.04. The number of unbranched alkanes of at least 4 members (excludes halogenated alkanes) is 1. The summed E-state index contributed by atoms with van der Waals surface area (Å²) < 4.78 is 5.72. The van der Waals surface area contributed by atoms with E-state index in [1.54, 1.807) is 0 Å². The van der Waals surface area contributed by atoms with E-state index in [1.165, 1.54) is 5.69 Å². The minimum absolute atomic E-state index is 0.168. The lowest BCUT2D eigenvalue weighted by Gasteiger charge is -2.42. The quantitative estimate of drug-likeness (QED) is 0.526. The molecule has 1 atom stereocenters. The highest BCUT2D eigenvalue weighted by atomic mass is 16.5. The maximum Gasteiger partial charge on any atom is 0.120 e. The molecule has 0 spiro atoms. The van der Waals surface area contributed by atoms with E-state index >= 15 is 0 Å². The van der Waals surface area contributed by atoms with Crippen molar-refractivity contribution >= 4 is 12.0 Å². The van der Waals surface area contributed by atoms with Gasteiger partial charge in [0.2, 0.25) is 0 Å². The lowest BCUT2D eigenvalue weighted by Crippen LogP contribution is -2.54. The SMILES string of the molecule is CCCCOc1ccc(N2CCN(CCO)C(CCC=O)C2)cc1. The molecule has 0 radical (unpaired) electrons. The van der Waals surface area contributed by atoms with Gasteiger partial charge in [-0.05, 0) is 37.1 Å². The van der Waals surface area contributed by atoms with Crippen molar-refractivity contribution in [2.75, 3.05) is 44.3 Å². The smallest absolute Gasteiger partial charge is 0.120 e. The number of anilines is 1. The Balaban J connectivity index is 1.94. The number of rotatable bonds is 10. The zero-order chi connectivity index (χ0) is 17.2. The van der Waals surface area contributed by atoms with Gasteiger partial charge in [-0.1, -0.05) is 13.3 Å². The number of piperazine rings is 1. The summed E-state index contributed by atoms with van der Waals surface area (Å²) in [5.41, 5.74) is 1.19. The molecular weight excluding hydrogens is 304 g/mol. The van der Waals surface area contributed by atoms with Crippen molar-refractivity contribution in [1.29, 1.82) is 0 Å². The van der Waals surface area contributed by atoms with Crippen LogP contribution < -0.4 is 9.64 Å². The number of carbonyl (C=O) groups is 1. The summed E-state index contributed by atoms with van der Waals surface area (Å²) in [7, 11) is 0. The molecule has 0 aliphatic carbocycles. The van der Waals surface area contributed by atoms with E-state index in [9.17, 15) is 9.90 Å². The molecule has 24 heavy (non-hydrogen) atoms. The molecule has 0 aromatic heterocycles. The Labute approximate surface area is 145 Å². The third-order valence-electron chi connectivity index (χ3n) is 4.58. The van der Waals surface area contributed by atoms with E-state index < -0.39 is 0 Å². The van der Waals surface area contributed by atoms with Crippen molar-refractivity contribution in [1.82, 2.24) is 4.90 Å². The van der Waals surface area contributed by atoms with E-state index in [-0.39, 0.29) is 6.61 Å². The molecule has 1 aliphatic heterocycles. The fraction of sp³-hybridized carbons (Fsp3) is 0.632. The second-order valence-electron chi connectivity index (χ2n) is 6.30. The summed E-state index contributed by atoms with van der Waals surface area (Å²) in [5, 5.41) is 9.23. The highest BCUT2D eigenvalue weighted by Gasteiger charge is 2.26. The molecule has 0 bridgehead atoms. The van der Waals surface area contributed by atoms with Gasteiger partial charge in [0.15, 0.2) is 0 Å². The predicted octanol–water partition coefficient (Wildman–Crippen LogP) is 2.33. The summed E-state index contributed by atoms with van der Waals surface area (Å²) in [4.78, 5) is 15.4. The number of aliphatic hydroxyl groups is 1. The lowest BCUT2D eigenvalue weighted by molar-refractivity contribution is -0.108. The fourth-order valence-electron chi connectivity index (χ4n) is 3.17. The van der Waals surface area contributed by atoms with Crippen LogP contribution in [0.25, 0.3) is 0 Å². The molecule has 1 heterocycles. The standard InChI is InChI=1S/C19H30N2O3/c1-2-3-15-24-19-8-6-17(7-9-19)21-11-10-20(12-14-23)18(16-21)5-4-13-22/h6-9,13,18,23H,2-5,10-12,14-16H2,1H3. The summed E-state index contributed by atoms with van der Waals surface area (Å²) in [6, 6.07) is 8.60. The van der Waals surface area contributed by atoms with Crippen LogP contribution >= 0.6 is 0 Å². The molecule has 5 heteroatoms. The van der Waals surface area contributed by atoms with Crippen molar-refractivity contribution in [3.63, 3.8) is 0 Å². The van der Waals surface area contributed by atoms with Gasteiger partial charge in [-0.2, -0.15) is 0 Å². The Kier molecular flexibility index (Phi) is 8.05. The third-order valence-corrected chi connectivity index (χ3v) is 4.58. The molecule has 0 saturated carbocycles. The fourth-order valence-corrected chi connectivity index (χ4v) is 3.17. The number of aldehydes is 1. The number of hydrogen-bond acceptors (Lipinski definition) is 5. The van der Waals surface area contributed by atoms with Crippen molar-refractivity contribution in [2.45, 2.75) is 38.6 Å². The van der Waals surface area contributed by atoms with Gasteiger partial charge in [-0.15, -0.1) is 0 Å². The molecular formula is C19H30N2O3. The maximum absolute atomic E-state index is 10.7. The zero-order valence-corrected chi connectivity index (χ0v) is 14.7. The number of ether oxygens (including phenoxy) is 1. The number of carbonyl (C=O) groups excluding carboxylic acids is 1. The highest BCUT2D eigenvalue weighted by molar-refractivity contribution is 5.51. The van der Waals surface area contributed by atoms with E-state index in [2.05, 4.69) is 28.9 Å². The molecule has 0 amide bonds. The van der Waals surface area contributed by atoms with Crippen LogP contribution in [0.4, 0.5) is 5.69 Å². The van der Waals surface area contributed by atoms with Crippen molar-refractivity contribution in [2.24, 2.45) is 0 Å². The van der Waals surface area contributed by atoms with Crippen molar-refractivity contribution in [3.8, 4) is 5.75 Å². The Hall–Kier alpha value is -1.59. The van der Waals surface area contributed by atoms with Gasteiger partial charge < -0.3 is 19.5 Å². The first-order chi connectivity index (χ1) is 11.8. The van der Waals surface area contributed by atoms with Gasteiger partial charge in [-0.3, -0.25) is 4.90 Å². The molecule has 134 valence electrons. The van der Waals surface area contributed by atoms with Gasteiger partial charge in [0.05, 0.1) is 13.2 Å². The summed E-state index contributed by atoms with van der Waals surface area (Å²) in [5.74, 6) is 0.920. The van der Waals surface area contributed by atoms with E-state index in [0.29, 0.717) is 19.0 Å². The van der Waals surface area contributed by atoms with E-state index in [0.717, 1.165) is 57.5 Å². The van der Waals surface area contributed by atoms with E-state index in [1.807, 2.05) is 12.1 Å². The van der Waals surface area contributed by atoms with Crippen LogP contribution in [0.3, 0.4) is 0 Å². The van der Waals surface area contributed by atoms with Gasteiger partial charge in [0.25, 0.3) is 0 Å². The summed E-state index contributed by atoms with van der Waals surface area (Å²) in [6.45, 7) is 6.52. The second-order valence-corrected chi connectivity index (χ2v) is 6.30. The minimum atomic E-state index is 0.168.